The van der Waals surface area contributed by atoms with E-state index in [1.165, 1.54) is 13.0 Å². The van der Waals surface area contributed by atoms with Gasteiger partial charge in [-0.05, 0) is 19.3 Å². The number of carbonyl (C=O) groups excluding carboxylic acids is 1. The van der Waals surface area contributed by atoms with Gasteiger partial charge in [0.25, 0.3) is 0 Å². The maximum absolute atomic E-state index is 11.5. The fraction of sp³-hybridized carbons (Fsp3) is 0.667. The van der Waals surface area contributed by atoms with Crippen LogP contribution in [0.5, 0.6) is 0 Å². The topological polar surface area (TPSA) is 113 Å². The monoisotopic (exact) mass is 250 g/mol. The van der Waals surface area contributed by atoms with Crippen LogP contribution < -0.4 is 11.1 Å². The van der Waals surface area contributed by atoms with Gasteiger partial charge in [-0.15, -0.1) is 0 Å². The molecule has 94 valence electrons. The molecule has 16 heavy (non-hydrogen) atoms. The van der Waals surface area contributed by atoms with Crippen molar-refractivity contribution in [3.8, 4) is 0 Å². The van der Waals surface area contributed by atoms with Gasteiger partial charge in [0.1, 0.15) is 5.44 Å². The van der Waals surface area contributed by atoms with Crippen LogP contribution in [0.25, 0.3) is 0 Å². The normalized spacial score (nSPS) is 15.1. The van der Waals surface area contributed by atoms with Crippen LogP contribution in [-0.4, -0.2) is 21.7 Å². The second-order valence-electron chi connectivity index (χ2n) is 3.94. The summed E-state index contributed by atoms with van der Waals surface area (Å²) >= 11 is 0. The van der Waals surface area contributed by atoms with Gasteiger partial charge in [0, 0.05) is 0 Å². The van der Waals surface area contributed by atoms with Crippen LogP contribution in [-0.2, 0) is 9.36 Å². The van der Waals surface area contributed by atoms with Crippen molar-refractivity contribution in [2.45, 2.75) is 33.2 Å². The summed E-state index contributed by atoms with van der Waals surface area (Å²) in [6.45, 7) is 5.25. The average Bonchev–Trinajstić information content (AvgIpc) is 2.10. The van der Waals surface area contributed by atoms with Crippen LogP contribution in [0.15, 0.2) is 11.5 Å². The first kappa shape index (κ1) is 15.3. The molecule has 7 heteroatoms. The molecule has 0 aliphatic rings. The average molecular weight is 250 g/mol. The summed E-state index contributed by atoms with van der Waals surface area (Å²) in [5.74, 6) is -0.338. The van der Waals surface area contributed by atoms with Crippen LogP contribution in [0, 0.1) is 5.92 Å². The summed E-state index contributed by atoms with van der Waals surface area (Å²) in [5, 5.41) is 2.15. The molecule has 0 aromatic heterocycles. The van der Waals surface area contributed by atoms with Gasteiger partial charge in [-0.25, -0.2) is 0 Å². The van der Waals surface area contributed by atoms with E-state index in [1.54, 1.807) is 0 Å². The molecule has 5 N–H and O–H groups in total. The first-order chi connectivity index (χ1) is 7.18. The number of nitrogens with two attached hydrogens (primary N) is 1. The third-order valence-corrected chi connectivity index (χ3v) is 2.90. The van der Waals surface area contributed by atoms with E-state index in [-0.39, 0.29) is 5.92 Å². The van der Waals surface area contributed by atoms with Gasteiger partial charge in [-0.2, -0.15) is 0 Å². The molecule has 0 spiro atoms. The van der Waals surface area contributed by atoms with Crippen molar-refractivity contribution in [1.82, 2.24) is 5.32 Å². The number of hydrogen-bond donors (Lipinski definition) is 4. The lowest BCUT2D eigenvalue weighted by Crippen LogP contribution is -2.40. The zero-order chi connectivity index (χ0) is 12.9. The second kappa shape index (κ2) is 6.15. The van der Waals surface area contributed by atoms with Crippen LogP contribution in [0.2, 0.25) is 0 Å². The number of amides is 1. The number of rotatable bonds is 5. The van der Waals surface area contributed by atoms with Crippen LogP contribution in [0.3, 0.4) is 0 Å². The Kier molecular flexibility index (Phi) is 5.89. The maximum atomic E-state index is 11.5. The van der Waals surface area contributed by atoms with Gasteiger partial charge >= 0.3 is 7.60 Å². The Hall–Kier alpha value is -0.680. The number of allylic oxidation sites excluding steroid dienone is 1. The quantitative estimate of drug-likeness (QED) is 0.531. The SMILES string of the molecule is C/C=C(/NC(=O)C(N)CC(C)C)P(=O)(O)O. The molecule has 0 saturated heterocycles. The molecule has 0 aliphatic heterocycles. The summed E-state index contributed by atoms with van der Waals surface area (Å²) < 4.78 is 10.9. The van der Waals surface area contributed by atoms with Crippen LogP contribution in [0.4, 0.5) is 0 Å². The standard InChI is InChI=1S/C9H19N2O4P/c1-4-8(16(13,14)15)11-9(12)7(10)5-6(2)3/h4,6-7H,5,10H2,1-3H3,(H,11,12)(H2,13,14,15)/b8-4-. The molecule has 0 heterocycles. The Morgan fingerprint density at radius 3 is 2.31 bits per heavy atom. The predicted molar refractivity (Wildman–Crippen MR) is 61.4 cm³/mol. The smallest absolute Gasteiger partial charge is 0.320 e. The van der Waals surface area contributed by atoms with E-state index in [9.17, 15) is 9.36 Å². The number of hydrogen-bond acceptors (Lipinski definition) is 3. The van der Waals surface area contributed by atoms with Crippen LogP contribution >= 0.6 is 7.60 Å². The van der Waals surface area contributed by atoms with E-state index in [0.717, 1.165) is 0 Å². The summed E-state index contributed by atoms with van der Waals surface area (Å²) in [6.07, 6.45) is 1.63. The molecule has 6 nitrogen and oxygen atoms in total. The van der Waals surface area contributed by atoms with Crippen molar-refractivity contribution in [2.24, 2.45) is 11.7 Å². The second-order valence-corrected chi connectivity index (χ2v) is 5.51. The lowest BCUT2D eigenvalue weighted by atomic mass is 10.0. The molecule has 0 aliphatic carbocycles. The number of nitrogens with one attached hydrogen (secondary N) is 1. The van der Waals surface area contributed by atoms with E-state index in [1.807, 2.05) is 13.8 Å². The molecule has 0 rings (SSSR count). The molecule has 1 amide bonds. The molecule has 0 aromatic rings. The van der Waals surface area contributed by atoms with Crippen molar-refractivity contribution in [2.75, 3.05) is 0 Å². The summed E-state index contributed by atoms with van der Waals surface area (Å²) in [6, 6.07) is -0.763. The third kappa shape index (κ3) is 5.42. The van der Waals surface area contributed by atoms with Gasteiger partial charge in [-0.3, -0.25) is 9.36 Å². The van der Waals surface area contributed by atoms with Crippen molar-refractivity contribution in [3.05, 3.63) is 11.5 Å². The van der Waals surface area contributed by atoms with E-state index in [2.05, 4.69) is 5.32 Å². The molecule has 1 atom stereocenters. The van der Waals surface area contributed by atoms with Crippen molar-refractivity contribution in [1.29, 1.82) is 0 Å². The molecule has 0 radical (unpaired) electrons. The molecular weight excluding hydrogens is 231 g/mol. The predicted octanol–water partition coefficient (Wildman–Crippen LogP) is 0.515. The van der Waals surface area contributed by atoms with Gasteiger partial charge in [0.05, 0.1) is 6.04 Å². The highest BCUT2D eigenvalue weighted by Crippen LogP contribution is 2.42. The Balaban J connectivity index is 4.50. The summed E-state index contributed by atoms with van der Waals surface area (Å²) in [7, 11) is -4.43. The lowest BCUT2D eigenvalue weighted by molar-refractivity contribution is -0.121. The van der Waals surface area contributed by atoms with E-state index < -0.39 is 25.0 Å². The Morgan fingerprint density at radius 1 is 1.50 bits per heavy atom. The Morgan fingerprint density at radius 2 is 2.00 bits per heavy atom. The van der Waals surface area contributed by atoms with Gasteiger partial charge in [0.15, 0.2) is 0 Å². The molecule has 1 unspecified atom stereocenters. The first-order valence-electron chi connectivity index (χ1n) is 4.97. The fourth-order valence-corrected chi connectivity index (χ4v) is 1.74. The van der Waals surface area contributed by atoms with Gasteiger partial charge in [-0.1, -0.05) is 19.9 Å². The minimum Gasteiger partial charge on any atom is -0.320 e. The molecule has 0 bridgehead atoms. The van der Waals surface area contributed by atoms with Crippen LogP contribution in [0.1, 0.15) is 27.2 Å². The molecule has 0 saturated carbocycles. The molecular formula is C9H19N2O4P. The minimum absolute atomic E-state index is 0.241. The first-order valence-corrected chi connectivity index (χ1v) is 6.58. The van der Waals surface area contributed by atoms with Crippen molar-refractivity contribution < 1.29 is 19.1 Å². The Labute approximate surface area is 95.1 Å². The lowest BCUT2D eigenvalue weighted by Gasteiger charge is -2.16. The highest BCUT2D eigenvalue weighted by molar-refractivity contribution is 7.56. The Bertz CT molecular complexity index is 321. The van der Waals surface area contributed by atoms with E-state index >= 15 is 0 Å². The van der Waals surface area contributed by atoms with Gasteiger partial charge in [0.2, 0.25) is 5.91 Å². The van der Waals surface area contributed by atoms with Crippen molar-refractivity contribution >= 4 is 13.5 Å². The van der Waals surface area contributed by atoms with E-state index in [0.29, 0.717) is 6.42 Å². The molecule has 0 fully saturated rings. The highest BCUT2D eigenvalue weighted by Gasteiger charge is 2.24. The summed E-state index contributed by atoms with van der Waals surface area (Å²) in [5.41, 5.74) is 5.17. The minimum atomic E-state index is -4.43. The largest absolute Gasteiger partial charge is 0.372 e. The summed E-state index contributed by atoms with van der Waals surface area (Å²) in [4.78, 5) is 29.2. The molecule has 0 aromatic carbocycles. The highest BCUT2D eigenvalue weighted by atomic mass is 31.2. The zero-order valence-corrected chi connectivity index (χ0v) is 10.6. The zero-order valence-electron chi connectivity index (χ0n) is 9.67. The fourth-order valence-electron chi connectivity index (χ4n) is 1.15. The van der Waals surface area contributed by atoms with Gasteiger partial charge < -0.3 is 20.8 Å². The third-order valence-electron chi connectivity index (χ3n) is 1.90. The van der Waals surface area contributed by atoms with E-state index in [4.69, 9.17) is 15.5 Å². The maximum Gasteiger partial charge on any atom is 0.372 e. The van der Waals surface area contributed by atoms with Crippen molar-refractivity contribution in [3.63, 3.8) is 0 Å². The number of carbonyl (C=O) groups is 1.